The average molecular weight is 345 g/mol. The summed E-state index contributed by atoms with van der Waals surface area (Å²) in [7, 11) is 0. The second-order valence-electron chi connectivity index (χ2n) is 8.01. The van der Waals surface area contributed by atoms with E-state index in [4.69, 9.17) is 9.47 Å². The van der Waals surface area contributed by atoms with Gasteiger partial charge in [-0.1, -0.05) is 47.0 Å². The van der Waals surface area contributed by atoms with Crippen molar-refractivity contribution in [2.45, 2.75) is 98.5 Å². The Labute approximate surface area is 151 Å². The van der Waals surface area contributed by atoms with Crippen molar-refractivity contribution >= 4 is 0 Å². The summed E-state index contributed by atoms with van der Waals surface area (Å²) in [6.45, 7) is 13.2. The number of rotatable bonds is 17. The van der Waals surface area contributed by atoms with Crippen molar-refractivity contribution in [3.05, 3.63) is 0 Å². The zero-order valence-electron chi connectivity index (χ0n) is 17.1. The number of hydrogen-bond acceptors (Lipinski definition) is 3. The highest BCUT2D eigenvalue weighted by molar-refractivity contribution is 4.65. The standard InChI is InChI=1S/C21H44O3/c1-6-7-8-9-12-23-17-24-13-10-11-18(2)14-19(3)15-20(4)16-21(5)22/h18-22H,6-17H2,1-5H3. The van der Waals surface area contributed by atoms with Gasteiger partial charge < -0.3 is 14.6 Å². The zero-order valence-corrected chi connectivity index (χ0v) is 17.1. The van der Waals surface area contributed by atoms with Gasteiger partial charge in [0.25, 0.3) is 0 Å². The molecule has 0 aromatic heterocycles. The lowest BCUT2D eigenvalue weighted by Crippen LogP contribution is -2.12. The monoisotopic (exact) mass is 344 g/mol. The van der Waals surface area contributed by atoms with Crippen LogP contribution in [0.3, 0.4) is 0 Å². The molecular formula is C21H44O3. The summed E-state index contributed by atoms with van der Waals surface area (Å²) in [5, 5.41) is 9.45. The fraction of sp³-hybridized carbons (Fsp3) is 1.00. The largest absolute Gasteiger partial charge is 0.393 e. The molecule has 0 amide bonds. The van der Waals surface area contributed by atoms with Gasteiger partial charge in [-0.2, -0.15) is 0 Å². The second kappa shape index (κ2) is 16.4. The van der Waals surface area contributed by atoms with Crippen LogP contribution in [0.15, 0.2) is 0 Å². The van der Waals surface area contributed by atoms with Crippen LogP contribution in [0.5, 0.6) is 0 Å². The maximum atomic E-state index is 9.45. The Bertz CT molecular complexity index is 255. The first-order valence-electron chi connectivity index (χ1n) is 10.3. The summed E-state index contributed by atoms with van der Waals surface area (Å²) in [4.78, 5) is 0. The molecule has 146 valence electrons. The maximum absolute atomic E-state index is 9.45. The molecule has 0 aliphatic heterocycles. The van der Waals surface area contributed by atoms with E-state index in [-0.39, 0.29) is 6.10 Å². The Hall–Kier alpha value is -0.120. The second-order valence-corrected chi connectivity index (χ2v) is 8.01. The van der Waals surface area contributed by atoms with Crippen LogP contribution in [-0.4, -0.2) is 31.2 Å². The number of unbranched alkanes of at least 4 members (excludes halogenated alkanes) is 3. The van der Waals surface area contributed by atoms with Crippen LogP contribution < -0.4 is 0 Å². The van der Waals surface area contributed by atoms with E-state index in [2.05, 4.69) is 27.7 Å². The molecule has 4 unspecified atom stereocenters. The van der Waals surface area contributed by atoms with E-state index in [1.54, 1.807) is 0 Å². The fourth-order valence-corrected chi connectivity index (χ4v) is 3.61. The van der Waals surface area contributed by atoms with E-state index < -0.39 is 0 Å². The van der Waals surface area contributed by atoms with Gasteiger partial charge in [-0.25, -0.2) is 0 Å². The maximum Gasteiger partial charge on any atom is 0.146 e. The highest BCUT2D eigenvalue weighted by Gasteiger charge is 2.14. The first-order chi connectivity index (χ1) is 11.5. The third-order valence-corrected chi connectivity index (χ3v) is 4.65. The molecule has 0 fully saturated rings. The normalized spacial score (nSPS) is 16.8. The van der Waals surface area contributed by atoms with E-state index in [0.717, 1.165) is 44.3 Å². The van der Waals surface area contributed by atoms with Crippen LogP contribution in [0.2, 0.25) is 0 Å². The molecule has 0 bridgehead atoms. The minimum absolute atomic E-state index is 0.171. The number of ether oxygens (including phenoxy) is 2. The first-order valence-corrected chi connectivity index (χ1v) is 10.3. The lowest BCUT2D eigenvalue weighted by Gasteiger charge is -2.21. The van der Waals surface area contributed by atoms with Gasteiger partial charge in [0, 0.05) is 13.2 Å². The Kier molecular flexibility index (Phi) is 16.3. The molecule has 0 rings (SSSR count). The zero-order chi connectivity index (χ0) is 18.2. The Morgan fingerprint density at radius 3 is 1.92 bits per heavy atom. The predicted molar refractivity (Wildman–Crippen MR) is 103 cm³/mol. The summed E-state index contributed by atoms with van der Waals surface area (Å²) in [6, 6.07) is 0. The van der Waals surface area contributed by atoms with E-state index in [1.165, 1.54) is 38.5 Å². The van der Waals surface area contributed by atoms with Crippen molar-refractivity contribution in [3.8, 4) is 0 Å². The van der Waals surface area contributed by atoms with Gasteiger partial charge >= 0.3 is 0 Å². The minimum Gasteiger partial charge on any atom is -0.393 e. The molecule has 0 aromatic carbocycles. The van der Waals surface area contributed by atoms with E-state index >= 15 is 0 Å². The molecule has 24 heavy (non-hydrogen) atoms. The van der Waals surface area contributed by atoms with Crippen molar-refractivity contribution in [2.75, 3.05) is 20.0 Å². The van der Waals surface area contributed by atoms with Crippen molar-refractivity contribution in [1.82, 2.24) is 0 Å². The highest BCUT2D eigenvalue weighted by Crippen LogP contribution is 2.24. The highest BCUT2D eigenvalue weighted by atomic mass is 16.7. The van der Waals surface area contributed by atoms with Gasteiger partial charge in [0.2, 0.25) is 0 Å². The van der Waals surface area contributed by atoms with Crippen LogP contribution in [0, 0.1) is 17.8 Å². The molecule has 0 aromatic rings. The molecular weight excluding hydrogens is 300 g/mol. The van der Waals surface area contributed by atoms with Gasteiger partial charge in [-0.05, 0) is 63.2 Å². The predicted octanol–water partition coefficient (Wildman–Crippen LogP) is 5.80. The molecule has 0 saturated carbocycles. The summed E-state index contributed by atoms with van der Waals surface area (Å²) in [5.74, 6) is 2.10. The van der Waals surface area contributed by atoms with Crippen molar-refractivity contribution in [3.63, 3.8) is 0 Å². The van der Waals surface area contributed by atoms with Gasteiger partial charge in [0.15, 0.2) is 0 Å². The van der Waals surface area contributed by atoms with Crippen LogP contribution in [0.1, 0.15) is 92.4 Å². The average Bonchev–Trinajstić information content (AvgIpc) is 2.47. The van der Waals surface area contributed by atoms with Crippen molar-refractivity contribution in [2.24, 2.45) is 17.8 Å². The van der Waals surface area contributed by atoms with E-state index in [0.29, 0.717) is 12.7 Å². The van der Waals surface area contributed by atoms with Crippen LogP contribution in [0.25, 0.3) is 0 Å². The molecule has 0 saturated heterocycles. The third-order valence-electron chi connectivity index (χ3n) is 4.65. The fourth-order valence-electron chi connectivity index (χ4n) is 3.61. The molecule has 0 radical (unpaired) electrons. The smallest absolute Gasteiger partial charge is 0.146 e. The summed E-state index contributed by atoms with van der Waals surface area (Å²) < 4.78 is 11.0. The summed E-state index contributed by atoms with van der Waals surface area (Å²) in [5.41, 5.74) is 0. The van der Waals surface area contributed by atoms with Gasteiger partial charge in [0.1, 0.15) is 6.79 Å². The number of aliphatic hydroxyl groups is 1. The molecule has 0 spiro atoms. The van der Waals surface area contributed by atoms with Crippen molar-refractivity contribution < 1.29 is 14.6 Å². The quantitative estimate of drug-likeness (QED) is 0.268. The lowest BCUT2D eigenvalue weighted by molar-refractivity contribution is -0.0561. The lowest BCUT2D eigenvalue weighted by atomic mass is 9.86. The van der Waals surface area contributed by atoms with E-state index in [1.807, 2.05) is 6.92 Å². The Morgan fingerprint density at radius 2 is 1.29 bits per heavy atom. The van der Waals surface area contributed by atoms with Gasteiger partial charge in [0.05, 0.1) is 6.10 Å². The van der Waals surface area contributed by atoms with Crippen LogP contribution in [0.4, 0.5) is 0 Å². The summed E-state index contributed by atoms with van der Waals surface area (Å²) in [6.07, 6.45) is 10.6. The van der Waals surface area contributed by atoms with Crippen LogP contribution in [-0.2, 0) is 9.47 Å². The molecule has 0 aliphatic carbocycles. The molecule has 1 N–H and O–H groups in total. The number of aliphatic hydroxyl groups excluding tert-OH is 1. The topological polar surface area (TPSA) is 38.7 Å². The Balaban J connectivity index is 3.44. The molecule has 0 heterocycles. The molecule has 4 atom stereocenters. The summed E-state index contributed by atoms with van der Waals surface area (Å²) >= 11 is 0. The Morgan fingerprint density at radius 1 is 0.708 bits per heavy atom. The van der Waals surface area contributed by atoms with Crippen molar-refractivity contribution in [1.29, 1.82) is 0 Å². The van der Waals surface area contributed by atoms with Gasteiger partial charge in [-0.15, -0.1) is 0 Å². The molecule has 3 heteroatoms. The SMILES string of the molecule is CCCCCCOCOCCCC(C)CC(C)CC(C)CC(C)O. The molecule has 3 nitrogen and oxygen atoms in total. The first kappa shape index (κ1) is 23.9. The number of hydrogen-bond donors (Lipinski definition) is 1. The van der Waals surface area contributed by atoms with Gasteiger partial charge in [-0.3, -0.25) is 0 Å². The van der Waals surface area contributed by atoms with Crippen LogP contribution >= 0.6 is 0 Å². The molecule has 0 aliphatic rings. The third kappa shape index (κ3) is 16.7. The minimum atomic E-state index is -0.171. The van der Waals surface area contributed by atoms with E-state index in [9.17, 15) is 5.11 Å².